The minimum Gasteiger partial charge on any atom is -0.512 e. The zero-order valence-electron chi connectivity index (χ0n) is 9.86. The lowest BCUT2D eigenvalue weighted by molar-refractivity contribution is -0.113. The third kappa shape index (κ3) is 2.91. The first kappa shape index (κ1) is 12.9. The third-order valence-corrected chi connectivity index (χ3v) is 2.33. The van der Waals surface area contributed by atoms with Gasteiger partial charge in [-0.2, -0.15) is 0 Å². The molecule has 0 amide bonds. The first-order valence-corrected chi connectivity index (χ1v) is 5.15. The summed E-state index contributed by atoms with van der Waals surface area (Å²) in [5.74, 6) is -0.921. The second-order valence-corrected chi connectivity index (χ2v) is 3.69. The van der Waals surface area contributed by atoms with Crippen molar-refractivity contribution in [2.75, 3.05) is 0 Å². The van der Waals surface area contributed by atoms with E-state index in [1.165, 1.54) is 13.8 Å². The van der Waals surface area contributed by atoms with Crippen molar-refractivity contribution < 1.29 is 14.7 Å². The Morgan fingerprint density at radius 2 is 1.65 bits per heavy atom. The lowest BCUT2D eigenvalue weighted by Gasteiger charge is -2.08. The fourth-order valence-electron chi connectivity index (χ4n) is 1.56. The Morgan fingerprint density at radius 3 is 2.06 bits per heavy atom. The first-order chi connectivity index (χ1) is 7.95. The Labute approximate surface area is 100 Å². The number of ketones is 2. The van der Waals surface area contributed by atoms with E-state index < -0.39 is 0 Å². The molecule has 1 aromatic rings. The van der Waals surface area contributed by atoms with Crippen LogP contribution >= 0.6 is 0 Å². The highest BCUT2D eigenvalue weighted by molar-refractivity contribution is 6.18. The molecule has 17 heavy (non-hydrogen) atoms. The summed E-state index contributed by atoms with van der Waals surface area (Å²) in [5, 5.41) is 9.39. The number of allylic oxidation sites excluding steroid dienone is 3. The Bertz CT molecular complexity index is 491. The number of hydrogen-bond donors (Lipinski definition) is 1. The van der Waals surface area contributed by atoms with Crippen LogP contribution in [0.5, 0.6) is 0 Å². The zero-order valence-corrected chi connectivity index (χ0v) is 9.86. The van der Waals surface area contributed by atoms with Gasteiger partial charge in [-0.3, -0.25) is 9.59 Å². The molecule has 3 nitrogen and oxygen atoms in total. The highest BCUT2D eigenvalue weighted by Crippen LogP contribution is 2.18. The van der Waals surface area contributed by atoms with Crippen molar-refractivity contribution in [2.24, 2.45) is 0 Å². The van der Waals surface area contributed by atoms with Crippen LogP contribution in [0.4, 0.5) is 0 Å². The largest absolute Gasteiger partial charge is 0.512 e. The van der Waals surface area contributed by atoms with Crippen LogP contribution in [-0.4, -0.2) is 16.7 Å². The number of carbonyl (C=O) groups is 2. The second-order valence-electron chi connectivity index (χ2n) is 3.69. The molecule has 1 N–H and O–H groups in total. The molecule has 1 rings (SSSR count). The number of aliphatic hydroxyl groups excluding tert-OH is 1. The predicted octanol–water partition coefficient (Wildman–Crippen LogP) is 2.85. The van der Waals surface area contributed by atoms with Crippen LogP contribution in [0.15, 0.2) is 53.8 Å². The highest BCUT2D eigenvalue weighted by atomic mass is 16.3. The number of Topliss-reactive ketones (excluding diaryl/α,β-unsaturated/α-hetero) is 2. The van der Waals surface area contributed by atoms with Gasteiger partial charge in [-0.15, -0.1) is 0 Å². The summed E-state index contributed by atoms with van der Waals surface area (Å²) >= 11 is 0. The fraction of sp³-hybridized carbons (Fsp3) is 0.143. The van der Waals surface area contributed by atoms with E-state index in [-0.39, 0.29) is 28.5 Å². The van der Waals surface area contributed by atoms with E-state index in [1.54, 1.807) is 30.3 Å². The van der Waals surface area contributed by atoms with Crippen molar-refractivity contribution in [1.29, 1.82) is 0 Å². The summed E-state index contributed by atoms with van der Waals surface area (Å²) < 4.78 is 0. The molecule has 0 spiro atoms. The van der Waals surface area contributed by atoms with Crippen LogP contribution < -0.4 is 0 Å². The Kier molecular flexibility index (Phi) is 3.99. The molecule has 0 fully saturated rings. The van der Waals surface area contributed by atoms with Gasteiger partial charge in [-0.05, 0) is 13.8 Å². The Hall–Kier alpha value is -2.16. The molecule has 0 aliphatic heterocycles. The van der Waals surface area contributed by atoms with Gasteiger partial charge in [0.25, 0.3) is 0 Å². The van der Waals surface area contributed by atoms with Crippen molar-refractivity contribution in [3.63, 3.8) is 0 Å². The molecule has 0 aliphatic carbocycles. The molecule has 0 aliphatic rings. The van der Waals surface area contributed by atoms with Crippen molar-refractivity contribution in [1.82, 2.24) is 0 Å². The molecule has 0 unspecified atom stereocenters. The maximum absolute atomic E-state index is 12.0. The van der Waals surface area contributed by atoms with Gasteiger partial charge in [0.05, 0.1) is 5.57 Å². The summed E-state index contributed by atoms with van der Waals surface area (Å²) in [5.41, 5.74) is 0.444. The molecule has 0 saturated carbocycles. The van der Waals surface area contributed by atoms with Gasteiger partial charge < -0.3 is 5.11 Å². The van der Waals surface area contributed by atoms with E-state index in [1.807, 2.05) is 0 Å². The molecule has 0 heterocycles. The molecular weight excluding hydrogens is 216 g/mol. The molecule has 0 aromatic heterocycles. The van der Waals surface area contributed by atoms with Crippen molar-refractivity contribution >= 4 is 11.6 Å². The first-order valence-electron chi connectivity index (χ1n) is 5.15. The quantitative estimate of drug-likeness (QED) is 0.374. The molecule has 0 radical (unpaired) electrons. The van der Waals surface area contributed by atoms with Crippen molar-refractivity contribution in [3.05, 3.63) is 59.4 Å². The van der Waals surface area contributed by atoms with Gasteiger partial charge in [-0.25, -0.2) is 0 Å². The maximum Gasteiger partial charge on any atom is 0.193 e. The lowest BCUT2D eigenvalue weighted by Crippen LogP contribution is -2.11. The fourth-order valence-corrected chi connectivity index (χ4v) is 1.56. The van der Waals surface area contributed by atoms with E-state index in [4.69, 9.17) is 0 Å². The zero-order chi connectivity index (χ0) is 13.0. The van der Waals surface area contributed by atoms with Gasteiger partial charge >= 0.3 is 0 Å². The minimum absolute atomic E-state index is 0.0150. The van der Waals surface area contributed by atoms with Crippen LogP contribution in [0.2, 0.25) is 0 Å². The van der Waals surface area contributed by atoms with Crippen LogP contribution in [0, 0.1) is 0 Å². The van der Waals surface area contributed by atoms with E-state index in [0.717, 1.165) is 0 Å². The van der Waals surface area contributed by atoms with Crippen molar-refractivity contribution in [3.8, 4) is 0 Å². The van der Waals surface area contributed by atoms with Gasteiger partial charge in [0.15, 0.2) is 11.6 Å². The average molecular weight is 230 g/mol. The smallest absolute Gasteiger partial charge is 0.193 e. The number of aliphatic hydroxyl groups is 1. The van der Waals surface area contributed by atoms with E-state index >= 15 is 0 Å². The normalized spacial score (nSPS) is 11.6. The predicted molar refractivity (Wildman–Crippen MR) is 65.9 cm³/mol. The lowest BCUT2D eigenvalue weighted by atomic mass is 9.95. The van der Waals surface area contributed by atoms with Crippen molar-refractivity contribution in [2.45, 2.75) is 13.8 Å². The maximum atomic E-state index is 12.0. The average Bonchev–Trinajstić information content (AvgIpc) is 2.28. The topological polar surface area (TPSA) is 54.4 Å². The molecule has 0 bridgehead atoms. The van der Waals surface area contributed by atoms with Crippen LogP contribution in [0.1, 0.15) is 24.2 Å². The molecule has 3 heteroatoms. The van der Waals surface area contributed by atoms with Crippen LogP contribution in [0.3, 0.4) is 0 Å². The number of rotatable bonds is 4. The number of benzene rings is 1. The minimum atomic E-state index is -0.376. The van der Waals surface area contributed by atoms with E-state index in [2.05, 4.69) is 6.58 Å². The van der Waals surface area contributed by atoms with Gasteiger partial charge in [-0.1, -0.05) is 36.9 Å². The molecule has 88 valence electrons. The summed E-state index contributed by atoms with van der Waals surface area (Å²) in [4.78, 5) is 23.3. The van der Waals surface area contributed by atoms with Crippen LogP contribution in [0.25, 0.3) is 0 Å². The highest BCUT2D eigenvalue weighted by Gasteiger charge is 2.19. The molecule has 1 aromatic carbocycles. The summed E-state index contributed by atoms with van der Waals surface area (Å²) in [7, 11) is 0. The number of carbonyl (C=O) groups excluding carboxylic acids is 2. The Balaban J connectivity index is 3.11. The van der Waals surface area contributed by atoms with Crippen LogP contribution in [-0.2, 0) is 4.79 Å². The van der Waals surface area contributed by atoms with E-state index in [9.17, 15) is 14.7 Å². The monoisotopic (exact) mass is 230 g/mol. The number of hydrogen-bond acceptors (Lipinski definition) is 3. The van der Waals surface area contributed by atoms with E-state index in [0.29, 0.717) is 5.56 Å². The molecule has 0 atom stereocenters. The summed E-state index contributed by atoms with van der Waals surface area (Å²) in [6, 6.07) is 8.52. The Morgan fingerprint density at radius 1 is 1.12 bits per heavy atom. The summed E-state index contributed by atoms with van der Waals surface area (Å²) in [6.07, 6.45) is 0. The molecule has 0 saturated heterocycles. The summed E-state index contributed by atoms with van der Waals surface area (Å²) in [6.45, 7) is 6.24. The van der Waals surface area contributed by atoms with Gasteiger partial charge in [0.2, 0.25) is 0 Å². The SMILES string of the molecule is C=C(C(=O)c1ccccc1)/C(C(C)=O)=C(\C)O. The molecular formula is C14H14O3. The standard InChI is InChI=1S/C14H14O3/c1-9(13(10(2)15)11(3)16)14(17)12-7-5-4-6-8-12/h4-8,15H,1H2,2-3H3/b13-10-. The second kappa shape index (κ2) is 5.25. The van der Waals surface area contributed by atoms with Gasteiger partial charge in [0.1, 0.15) is 5.76 Å². The third-order valence-electron chi connectivity index (χ3n) is 2.33. The van der Waals surface area contributed by atoms with Gasteiger partial charge in [0, 0.05) is 11.1 Å².